The maximum Gasteiger partial charge on any atom is 0.151 e. The lowest BCUT2D eigenvalue weighted by Crippen LogP contribution is -2.23. The van der Waals surface area contributed by atoms with E-state index in [2.05, 4.69) is 0 Å². The highest BCUT2D eigenvalue weighted by molar-refractivity contribution is 8.13. The first-order valence-electron chi connectivity index (χ1n) is 3.50. The second-order valence-electron chi connectivity index (χ2n) is 2.93. The summed E-state index contributed by atoms with van der Waals surface area (Å²) in [6.45, 7) is 4.04. The van der Waals surface area contributed by atoms with Crippen LogP contribution in [0.4, 0.5) is 0 Å². The molecule has 0 aromatic heterocycles. The van der Waals surface area contributed by atoms with Gasteiger partial charge in [0.25, 0.3) is 0 Å². The number of nitrogens with two attached hydrogens (primary N) is 1. The van der Waals surface area contributed by atoms with Crippen LogP contribution in [0, 0.1) is 5.41 Å². The van der Waals surface area contributed by atoms with E-state index in [0.29, 0.717) is 0 Å². The number of hydrogen-bond acceptors (Lipinski definition) is 3. The summed E-state index contributed by atoms with van der Waals surface area (Å²) in [5.74, 6) is 0.843. The van der Waals surface area contributed by atoms with Gasteiger partial charge in [-0.25, -0.2) is 0 Å². The first-order chi connectivity index (χ1) is 4.98. The number of thioether (sulfide) groups is 1. The molecule has 0 spiro atoms. The van der Waals surface area contributed by atoms with Crippen molar-refractivity contribution in [2.24, 2.45) is 5.73 Å². The molecule has 0 aliphatic carbocycles. The van der Waals surface area contributed by atoms with Gasteiger partial charge in [0.2, 0.25) is 0 Å². The number of nitrogens with one attached hydrogen (secondary N) is 1. The van der Waals surface area contributed by atoms with E-state index in [1.165, 1.54) is 11.8 Å². The van der Waals surface area contributed by atoms with Gasteiger partial charge in [0.05, 0.1) is 5.60 Å². The second kappa shape index (κ2) is 4.62. The highest BCUT2D eigenvalue weighted by atomic mass is 32.2. The minimum absolute atomic E-state index is 0.0948. The summed E-state index contributed by atoms with van der Waals surface area (Å²) in [5.41, 5.74) is 5.07. The lowest BCUT2D eigenvalue weighted by atomic mass is 10.1. The molecule has 0 saturated carbocycles. The second-order valence-corrected chi connectivity index (χ2v) is 4.06. The number of amidine groups is 1. The first kappa shape index (κ1) is 10.8. The summed E-state index contributed by atoms with van der Waals surface area (Å²) in [6.07, 6.45) is 0.910. The fourth-order valence-corrected chi connectivity index (χ4v) is 1.32. The molecule has 66 valence electrons. The van der Waals surface area contributed by atoms with Crippen molar-refractivity contribution >= 4 is 16.9 Å². The molecule has 0 bridgehead atoms. The molecular formula is C7H16N2OS. The Kier molecular flexibility index (Phi) is 4.52. The Bertz CT molecular complexity index is 136. The van der Waals surface area contributed by atoms with Crippen molar-refractivity contribution in [3.63, 3.8) is 0 Å². The molecule has 3 nitrogen and oxygen atoms in total. The van der Waals surface area contributed by atoms with E-state index in [9.17, 15) is 0 Å². The van der Waals surface area contributed by atoms with Crippen molar-refractivity contribution in [3.8, 4) is 0 Å². The first-order valence-corrected chi connectivity index (χ1v) is 4.48. The fourth-order valence-electron chi connectivity index (χ4n) is 0.509. The van der Waals surface area contributed by atoms with Crippen LogP contribution in [0.2, 0.25) is 0 Å². The maximum atomic E-state index is 6.96. The van der Waals surface area contributed by atoms with Gasteiger partial charge in [0, 0.05) is 12.9 Å². The van der Waals surface area contributed by atoms with E-state index in [4.69, 9.17) is 15.9 Å². The smallest absolute Gasteiger partial charge is 0.151 e. The van der Waals surface area contributed by atoms with Gasteiger partial charge in [-0.3, -0.25) is 5.41 Å². The molecular weight excluding hydrogens is 160 g/mol. The van der Waals surface area contributed by atoms with Crippen molar-refractivity contribution in [3.05, 3.63) is 0 Å². The van der Waals surface area contributed by atoms with Crippen molar-refractivity contribution in [1.82, 2.24) is 0 Å². The van der Waals surface area contributed by atoms with E-state index in [0.717, 1.165) is 12.2 Å². The molecule has 11 heavy (non-hydrogen) atoms. The Morgan fingerprint density at radius 1 is 1.64 bits per heavy atom. The van der Waals surface area contributed by atoms with Crippen molar-refractivity contribution in [2.75, 3.05) is 12.9 Å². The zero-order chi connectivity index (χ0) is 8.91. The highest BCUT2D eigenvalue weighted by Crippen LogP contribution is 2.16. The zero-order valence-electron chi connectivity index (χ0n) is 7.31. The van der Waals surface area contributed by atoms with E-state index in [1.54, 1.807) is 7.11 Å². The van der Waals surface area contributed by atoms with Gasteiger partial charge in [-0.1, -0.05) is 11.8 Å². The molecule has 0 aliphatic rings. The predicted octanol–water partition coefficient (Wildman–Crippen LogP) is 1.43. The normalized spacial score (nSPS) is 11.5. The molecule has 0 fully saturated rings. The zero-order valence-corrected chi connectivity index (χ0v) is 8.12. The van der Waals surface area contributed by atoms with Crippen LogP contribution in [0.25, 0.3) is 0 Å². The number of hydrogen-bond donors (Lipinski definition) is 2. The van der Waals surface area contributed by atoms with Crippen LogP contribution in [0.3, 0.4) is 0 Å². The van der Waals surface area contributed by atoms with Crippen molar-refractivity contribution in [1.29, 1.82) is 5.41 Å². The van der Waals surface area contributed by atoms with Crippen LogP contribution in [0.5, 0.6) is 0 Å². The third kappa shape index (κ3) is 6.19. The Hall–Kier alpha value is -0.220. The van der Waals surface area contributed by atoms with Crippen LogP contribution in [-0.4, -0.2) is 23.6 Å². The Morgan fingerprint density at radius 2 is 2.18 bits per heavy atom. The summed E-state index contributed by atoms with van der Waals surface area (Å²) in [7, 11) is 1.69. The largest absolute Gasteiger partial charge is 0.379 e. The minimum Gasteiger partial charge on any atom is -0.379 e. The summed E-state index contributed by atoms with van der Waals surface area (Å²) in [6, 6.07) is 0. The third-order valence-electron chi connectivity index (χ3n) is 1.51. The molecule has 0 aliphatic heterocycles. The predicted molar refractivity (Wildman–Crippen MR) is 50.1 cm³/mol. The van der Waals surface area contributed by atoms with Crippen LogP contribution in [0.15, 0.2) is 0 Å². The monoisotopic (exact) mass is 176 g/mol. The van der Waals surface area contributed by atoms with Crippen LogP contribution >= 0.6 is 11.8 Å². The van der Waals surface area contributed by atoms with Crippen molar-refractivity contribution < 1.29 is 4.74 Å². The lowest BCUT2D eigenvalue weighted by molar-refractivity contribution is 0.0207. The van der Waals surface area contributed by atoms with Gasteiger partial charge >= 0.3 is 0 Å². The summed E-state index contributed by atoms with van der Waals surface area (Å²) >= 11 is 1.35. The van der Waals surface area contributed by atoms with Gasteiger partial charge in [-0.15, -0.1) is 0 Å². The van der Waals surface area contributed by atoms with Gasteiger partial charge in [0.1, 0.15) is 0 Å². The van der Waals surface area contributed by atoms with Gasteiger partial charge in [-0.05, 0) is 20.3 Å². The van der Waals surface area contributed by atoms with Gasteiger partial charge < -0.3 is 10.5 Å². The number of rotatable bonds is 4. The maximum absolute atomic E-state index is 6.96. The number of methoxy groups -OCH3 is 1. The standard InChI is InChI=1S/C7H16N2OS/c1-7(2,10-3)4-5-11-6(8)9/h4-5H2,1-3H3,(H3,8,9). The number of ether oxygens (including phenoxy) is 1. The molecule has 0 radical (unpaired) electrons. The Morgan fingerprint density at radius 3 is 2.55 bits per heavy atom. The SMILES string of the molecule is COC(C)(C)CCSC(=N)N. The summed E-state index contributed by atoms with van der Waals surface area (Å²) < 4.78 is 5.19. The van der Waals surface area contributed by atoms with Crippen LogP contribution < -0.4 is 5.73 Å². The molecule has 0 unspecified atom stereocenters. The van der Waals surface area contributed by atoms with Crippen LogP contribution in [0.1, 0.15) is 20.3 Å². The molecule has 3 N–H and O–H groups in total. The third-order valence-corrected chi connectivity index (χ3v) is 2.23. The van der Waals surface area contributed by atoms with E-state index in [-0.39, 0.29) is 10.8 Å². The van der Waals surface area contributed by atoms with E-state index in [1.807, 2.05) is 13.8 Å². The Labute approximate surface area is 72.2 Å². The molecule has 0 amide bonds. The Balaban J connectivity index is 3.45. The van der Waals surface area contributed by atoms with Crippen LogP contribution in [-0.2, 0) is 4.74 Å². The molecule has 0 saturated heterocycles. The topological polar surface area (TPSA) is 59.1 Å². The molecule has 0 heterocycles. The molecule has 0 aromatic carbocycles. The molecule has 4 heteroatoms. The highest BCUT2D eigenvalue weighted by Gasteiger charge is 2.15. The molecule has 0 aromatic rings. The average molecular weight is 176 g/mol. The van der Waals surface area contributed by atoms with E-state index >= 15 is 0 Å². The van der Waals surface area contributed by atoms with Gasteiger partial charge in [0.15, 0.2) is 5.17 Å². The molecule has 0 atom stereocenters. The van der Waals surface area contributed by atoms with E-state index < -0.39 is 0 Å². The average Bonchev–Trinajstić information content (AvgIpc) is 1.87. The van der Waals surface area contributed by atoms with Gasteiger partial charge in [-0.2, -0.15) is 0 Å². The lowest BCUT2D eigenvalue weighted by Gasteiger charge is -2.21. The quantitative estimate of drug-likeness (QED) is 0.503. The molecule has 0 rings (SSSR count). The summed E-state index contributed by atoms with van der Waals surface area (Å²) in [5, 5.41) is 7.14. The summed E-state index contributed by atoms with van der Waals surface area (Å²) in [4.78, 5) is 0. The fraction of sp³-hybridized carbons (Fsp3) is 0.857. The minimum atomic E-state index is -0.0948. The van der Waals surface area contributed by atoms with Crippen molar-refractivity contribution in [2.45, 2.75) is 25.9 Å².